The standard InChI is InChI=1S/C60H45N3/c1-4-16-39-34(13-1)29-32-49-56-55-48-25-12-23-42-41-17-5-6-18-43(41)53(52(42)48)54(55)44-19-7-8-20-46(44)59(56)63(58(39)49)37-30-27-35(28-31-37)60-61-51-26-10-9-21-47(51)57(62-60)45-24-11-22-40-38-15-3-2-14-36(38)33-50(40)45/h1-8,10,12-20,23-27,30-31,35,53,60-61H,9,11,21-22,28-29,32-33H2. The maximum atomic E-state index is 5.74. The smallest absolute Gasteiger partial charge is 0.126 e. The fourth-order valence-electron chi connectivity index (χ4n) is 13.3. The van der Waals surface area contributed by atoms with E-state index < -0.39 is 0 Å². The van der Waals surface area contributed by atoms with Crippen molar-refractivity contribution in [2.45, 2.75) is 63.5 Å². The minimum atomic E-state index is -0.0394. The van der Waals surface area contributed by atoms with Crippen molar-refractivity contribution in [1.29, 1.82) is 0 Å². The molecule has 3 heteroatoms. The number of aliphatic imine (C=N–C) groups is 1. The van der Waals surface area contributed by atoms with Crippen LogP contribution in [0.15, 0.2) is 179 Å². The highest BCUT2D eigenvalue weighted by atomic mass is 15.1. The number of hydrogen-bond donors (Lipinski definition) is 1. The minimum absolute atomic E-state index is 0.0394. The maximum absolute atomic E-state index is 5.74. The normalized spacial score (nSPS) is 21.8. The molecule has 0 saturated carbocycles. The molecule has 63 heavy (non-hydrogen) atoms. The Morgan fingerprint density at radius 3 is 2.29 bits per heavy atom. The van der Waals surface area contributed by atoms with Crippen LogP contribution in [0.2, 0.25) is 0 Å². The SMILES string of the molecule is C1=CC2=C(CC1)C(C1=CCCC3=C1Cc1ccccc13)=NC(C1C=CC(n3c4c(c5c6c(c7ccccc7c53)C3c5ccccc5-c5cccc-6c53)CCc3ccccc3-4)=CC1)N2. The minimum Gasteiger partial charge on any atom is -0.363 e. The number of aryl methyl sites for hydroxylation is 2. The highest BCUT2D eigenvalue weighted by molar-refractivity contribution is 6.22. The second-order valence-electron chi connectivity index (χ2n) is 18.9. The van der Waals surface area contributed by atoms with Gasteiger partial charge in [-0.05, 0) is 147 Å². The van der Waals surface area contributed by atoms with Crippen molar-refractivity contribution in [3.05, 3.63) is 213 Å². The van der Waals surface area contributed by atoms with E-state index in [1.54, 1.807) is 5.57 Å². The predicted octanol–water partition coefficient (Wildman–Crippen LogP) is 13.8. The lowest BCUT2D eigenvalue weighted by molar-refractivity contribution is 0.451. The molecule has 1 N–H and O–H groups in total. The number of allylic oxidation sites excluding steroid dienone is 10. The summed E-state index contributed by atoms with van der Waals surface area (Å²) in [4.78, 5) is 5.74. The molecule has 0 saturated heterocycles. The molecule has 7 aromatic rings. The fourth-order valence-corrected chi connectivity index (χ4v) is 13.3. The summed E-state index contributed by atoms with van der Waals surface area (Å²) >= 11 is 0. The quantitative estimate of drug-likeness (QED) is 0.189. The number of benzene rings is 6. The average Bonchev–Trinajstić information content (AvgIpc) is 4.10. The maximum Gasteiger partial charge on any atom is 0.126 e. The Kier molecular flexibility index (Phi) is 7.03. The molecule has 0 spiro atoms. The summed E-state index contributed by atoms with van der Waals surface area (Å²) in [6, 6.07) is 43.8. The van der Waals surface area contributed by atoms with Gasteiger partial charge in [0.25, 0.3) is 0 Å². The molecule has 0 amide bonds. The third-order valence-electron chi connectivity index (χ3n) is 15.9. The van der Waals surface area contributed by atoms with E-state index in [1.807, 2.05) is 0 Å². The van der Waals surface area contributed by atoms with Crippen molar-refractivity contribution >= 4 is 38.7 Å². The van der Waals surface area contributed by atoms with E-state index in [-0.39, 0.29) is 18.0 Å². The third-order valence-corrected chi connectivity index (χ3v) is 15.9. The van der Waals surface area contributed by atoms with Gasteiger partial charge in [0, 0.05) is 45.1 Å². The Labute approximate surface area is 367 Å². The second kappa shape index (κ2) is 12.8. The molecule has 2 heterocycles. The fraction of sp³-hybridized carbons (Fsp3) is 0.183. The first kappa shape index (κ1) is 34.6. The topological polar surface area (TPSA) is 29.3 Å². The number of hydrogen-bond acceptors (Lipinski definition) is 2. The second-order valence-corrected chi connectivity index (χ2v) is 18.9. The van der Waals surface area contributed by atoms with E-state index in [9.17, 15) is 0 Å². The number of nitrogens with zero attached hydrogens (tertiary/aromatic N) is 2. The van der Waals surface area contributed by atoms with Gasteiger partial charge in [-0.1, -0.05) is 140 Å². The Bertz CT molecular complexity index is 3500. The van der Waals surface area contributed by atoms with Crippen molar-refractivity contribution < 1.29 is 0 Å². The van der Waals surface area contributed by atoms with Crippen LogP contribution in [0.4, 0.5) is 0 Å². The van der Waals surface area contributed by atoms with E-state index in [0.29, 0.717) is 0 Å². The van der Waals surface area contributed by atoms with Crippen LogP contribution in [-0.4, -0.2) is 16.4 Å². The summed E-state index contributed by atoms with van der Waals surface area (Å²) in [5, 5.41) is 8.16. The first-order valence-electron chi connectivity index (χ1n) is 23.4. The average molecular weight is 808 g/mol. The number of aromatic nitrogens is 1. The van der Waals surface area contributed by atoms with Crippen LogP contribution in [0.1, 0.15) is 77.0 Å². The Balaban J connectivity index is 0.892. The van der Waals surface area contributed by atoms with E-state index in [1.165, 1.54) is 128 Å². The Morgan fingerprint density at radius 1 is 0.603 bits per heavy atom. The molecule has 1 aliphatic heterocycles. The lowest BCUT2D eigenvalue weighted by atomic mass is 9.82. The van der Waals surface area contributed by atoms with Gasteiger partial charge in [0.2, 0.25) is 0 Å². The van der Waals surface area contributed by atoms with Gasteiger partial charge in [-0.15, -0.1) is 0 Å². The lowest BCUT2D eigenvalue weighted by Gasteiger charge is -2.34. The van der Waals surface area contributed by atoms with Crippen molar-refractivity contribution in [2.24, 2.45) is 10.9 Å². The molecular formula is C60H45N3. The number of rotatable bonds is 3. The van der Waals surface area contributed by atoms with Gasteiger partial charge in [-0.25, -0.2) is 0 Å². The summed E-state index contributed by atoms with van der Waals surface area (Å²) in [5.41, 5.74) is 29.7. The Morgan fingerprint density at radius 2 is 1.38 bits per heavy atom. The lowest BCUT2D eigenvalue weighted by Crippen LogP contribution is -2.40. The van der Waals surface area contributed by atoms with E-state index in [0.717, 1.165) is 51.4 Å². The molecule has 3 atom stereocenters. The van der Waals surface area contributed by atoms with Crippen molar-refractivity contribution in [3.63, 3.8) is 0 Å². The molecule has 0 fully saturated rings. The summed E-state index contributed by atoms with van der Waals surface area (Å²) < 4.78 is 2.68. The molecule has 6 aromatic carbocycles. The zero-order valence-electron chi connectivity index (χ0n) is 35.2. The number of nitrogens with one attached hydrogen (secondary N) is 1. The van der Waals surface area contributed by atoms with Crippen molar-refractivity contribution in [1.82, 2.24) is 9.88 Å². The monoisotopic (exact) mass is 807 g/mol. The van der Waals surface area contributed by atoms with E-state index >= 15 is 0 Å². The predicted molar refractivity (Wildman–Crippen MR) is 260 cm³/mol. The number of fused-ring (bicyclic) bond motifs is 17. The highest BCUT2D eigenvalue weighted by Crippen LogP contribution is 2.62. The zero-order chi connectivity index (χ0) is 40.9. The molecule has 1 aromatic heterocycles. The van der Waals surface area contributed by atoms with Crippen molar-refractivity contribution in [3.8, 4) is 33.5 Å². The zero-order valence-corrected chi connectivity index (χ0v) is 35.2. The molecule has 8 aliphatic rings. The molecule has 15 rings (SSSR count). The van der Waals surface area contributed by atoms with Crippen LogP contribution < -0.4 is 5.32 Å². The molecular weight excluding hydrogens is 763 g/mol. The van der Waals surface area contributed by atoms with Crippen LogP contribution in [0.25, 0.3) is 66.5 Å². The molecule has 0 radical (unpaired) electrons. The molecule has 3 unspecified atom stereocenters. The van der Waals surface area contributed by atoms with E-state index in [4.69, 9.17) is 4.99 Å². The summed E-state index contributed by atoms with van der Waals surface area (Å²) in [7, 11) is 0. The van der Waals surface area contributed by atoms with Gasteiger partial charge in [-0.2, -0.15) is 0 Å². The van der Waals surface area contributed by atoms with Crippen LogP contribution in [-0.2, 0) is 19.3 Å². The molecule has 0 bridgehead atoms. The van der Waals surface area contributed by atoms with E-state index in [2.05, 4.69) is 162 Å². The van der Waals surface area contributed by atoms with Gasteiger partial charge in [0.1, 0.15) is 6.17 Å². The van der Waals surface area contributed by atoms with Crippen molar-refractivity contribution in [2.75, 3.05) is 0 Å². The summed E-state index contributed by atoms with van der Waals surface area (Å²) in [6.07, 6.45) is 22.9. The summed E-state index contributed by atoms with van der Waals surface area (Å²) in [5.74, 6) is 0.474. The summed E-state index contributed by atoms with van der Waals surface area (Å²) in [6.45, 7) is 0. The first-order chi connectivity index (χ1) is 31.3. The molecule has 7 aliphatic carbocycles. The largest absolute Gasteiger partial charge is 0.363 e. The third kappa shape index (κ3) is 4.62. The molecule has 300 valence electrons. The van der Waals surface area contributed by atoms with Crippen LogP contribution >= 0.6 is 0 Å². The van der Waals surface area contributed by atoms with Gasteiger partial charge >= 0.3 is 0 Å². The van der Waals surface area contributed by atoms with Crippen LogP contribution in [0, 0.1) is 5.92 Å². The van der Waals surface area contributed by atoms with Crippen LogP contribution in [0.5, 0.6) is 0 Å². The first-order valence-corrected chi connectivity index (χ1v) is 23.4. The van der Waals surface area contributed by atoms with Gasteiger partial charge in [0.05, 0.1) is 16.9 Å². The van der Waals surface area contributed by atoms with Gasteiger partial charge in [-0.3, -0.25) is 4.99 Å². The highest BCUT2D eigenvalue weighted by Gasteiger charge is 2.43. The van der Waals surface area contributed by atoms with Crippen LogP contribution in [0.3, 0.4) is 0 Å². The van der Waals surface area contributed by atoms with Gasteiger partial charge < -0.3 is 9.88 Å². The Hall–Kier alpha value is -6.97. The van der Waals surface area contributed by atoms with Gasteiger partial charge in [0.15, 0.2) is 0 Å². The molecule has 3 nitrogen and oxygen atoms in total.